The molecule has 6 nitrogen and oxygen atoms in total. The number of pyridine rings is 1. The molecule has 104 valence electrons. The third-order valence-corrected chi connectivity index (χ3v) is 3.28. The van der Waals surface area contributed by atoms with E-state index in [1.54, 1.807) is 24.4 Å². The second kappa shape index (κ2) is 5.98. The van der Waals surface area contributed by atoms with Crippen molar-refractivity contribution in [3.8, 4) is 11.6 Å². The molecule has 1 unspecified atom stereocenters. The van der Waals surface area contributed by atoms with E-state index in [2.05, 4.69) is 20.9 Å². The molecule has 1 atom stereocenters. The second-order valence-electron chi connectivity index (χ2n) is 4.19. The van der Waals surface area contributed by atoms with E-state index in [1.165, 1.54) is 12.1 Å². The van der Waals surface area contributed by atoms with Crippen LogP contribution in [-0.2, 0) is 0 Å². The lowest BCUT2D eigenvalue weighted by atomic mass is 10.2. The maximum absolute atomic E-state index is 10.7. The first kappa shape index (κ1) is 14.4. The lowest BCUT2D eigenvalue weighted by Crippen LogP contribution is -2.05. The van der Waals surface area contributed by atoms with E-state index in [9.17, 15) is 10.1 Å². The fourth-order valence-electron chi connectivity index (χ4n) is 1.52. The largest absolute Gasteiger partial charge is 0.438 e. The van der Waals surface area contributed by atoms with Crippen LogP contribution in [0.15, 0.2) is 41.0 Å². The van der Waals surface area contributed by atoms with Crippen molar-refractivity contribution in [2.24, 2.45) is 5.73 Å². The van der Waals surface area contributed by atoms with Crippen LogP contribution in [0, 0.1) is 10.1 Å². The lowest BCUT2D eigenvalue weighted by molar-refractivity contribution is -0.384. The van der Waals surface area contributed by atoms with Gasteiger partial charge in [-0.1, -0.05) is 6.07 Å². The summed E-state index contributed by atoms with van der Waals surface area (Å²) in [5, 5.41) is 10.7. The molecule has 2 N–H and O–H groups in total. The van der Waals surface area contributed by atoms with Crippen molar-refractivity contribution in [3.63, 3.8) is 0 Å². The zero-order valence-corrected chi connectivity index (χ0v) is 12.2. The van der Waals surface area contributed by atoms with Gasteiger partial charge in [-0.05, 0) is 34.5 Å². The smallest absolute Gasteiger partial charge is 0.273 e. The van der Waals surface area contributed by atoms with Gasteiger partial charge < -0.3 is 10.5 Å². The maximum atomic E-state index is 10.7. The zero-order chi connectivity index (χ0) is 14.7. The number of nitro groups is 1. The van der Waals surface area contributed by atoms with Crippen LogP contribution in [0.3, 0.4) is 0 Å². The molecule has 2 aromatic rings. The van der Waals surface area contributed by atoms with Crippen molar-refractivity contribution in [1.29, 1.82) is 0 Å². The molecule has 0 aliphatic heterocycles. The second-order valence-corrected chi connectivity index (χ2v) is 5.05. The van der Waals surface area contributed by atoms with Gasteiger partial charge in [-0.15, -0.1) is 0 Å². The number of benzene rings is 1. The Balaban J connectivity index is 2.25. The first-order valence-electron chi connectivity index (χ1n) is 5.80. The van der Waals surface area contributed by atoms with Gasteiger partial charge >= 0.3 is 0 Å². The molecule has 1 aromatic carbocycles. The van der Waals surface area contributed by atoms with E-state index in [0.717, 1.165) is 5.56 Å². The predicted molar refractivity (Wildman–Crippen MR) is 77.7 cm³/mol. The topological polar surface area (TPSA) is 91.3 Å². The molecule has 0 radical (unpaired) electrons. The van der Waals surface area contributed by atoms with Crippen LogP contribution in [-0.4, -0.2) is 9.91 Å². The van der Waals surface area contributed by atoms with Crippen LogP contribution >= 0.6 is 15.9 Å². The van der Waals surface area contributed by atoms with Gasteiger partial charge in [-0.25, -0.2) is 4.98 Å². The molecule has 7 heteroatoms. The van der Waals surface area contributed by atoms with Gasteiger partial charge in [0.05, 0.1) is 15.5 Å². The molecule has 0 aliphatic carbocycles. The Bertz CT molecular complexity index is 629. The van der Waals surface area contributed by atoms with E-state index in [1.807, 2.05) is 6.92 Å². The summed E-state index contributed by atoms with van der Waals surface area (Å²) >= 11 is 3.28. The van der Waals surface area contributed by atoms with E-state index in [4.69, 9.17) is 10.5 Å². The molecule has 0 aliphatic rings. The monoisotopic (exact) mass is 337 g/mol. The number of hydrogen-bond acceptors (Lipinski definition) is 5. The summed E-state index contributed by atoms with van der Waals surface area (Å²) in [6, 6.07) is 7.65. The van der Waals surface area contributed by atoms with Gasteiger partial charge in [0.15, 0.2) is 5.75 Å². The summed E-state index contributed by atoms with van der Waals surface area (Å²) in [5.74, 6) is 0.677. The van der Waals surface area contributed by atoms with E-state index < -0.39 is 4.92 Å². The van der Waals surface area contributed by atoms with E-state index in [-0.39, 0.29) is 11.7 Å². The minimum Gasteiger partial charge on any atom is -0.438 e. The highest BCUT2D eigenvalue weighted by Crippen LogP contribution is 2.32. The Morgan fingerprint density at radius 3 is 2.70 bits per heavy atom. The minimum absolute atomic E-state index is 0.0459. The summed E-state index contributed by atoms with van der Waals surface area (Å²) in [4.78, 5) is 14.4. The number of nitrogens with zero attached hydrogens (tertiary/aromatic N) is 2. The highest BCUT2D eigenvalue weighted by Gasteiger charge is 2.12. The first-order chi connectivity index (χ1) is 9.47. The number of nitro benzene ring substituents is 1. The Morgan fingerprint density at radius 2 is 2.15 bits per heavy atom. The molecular weight excluding hydrogens is 326 g/mol. The SMILES string of the molecule is CC(N)c1ccc(Oc2cc([N+](=O)[O-])ccc2Br)nc1. The van der Waals surface area contributed by atoms with Crippen molar-refractivity contribution < 1.29 is 9.66 Å². The molecule has 0 fully saturated rings. The van der Waals surface area contributed by atoms with Gasteiger partial charge in [0.1, 0.15) is 0 Å². The molecular formula is C13H12BrN3O3. The van der Waals surface area contributed by atoms with Gasteiger partial charge in [-0.3, -0.25) is 10.1 Å². The van der Waals surface area contributed by atoms with Crippen LogP contribution in [0.2, 0.25) is 0 Å². The third-order valence-electron chi connectivity index (χ3n) is 2.63. The highest BCUT2D eigenvalue weighted by molar-refractivity contribution is 9.10. The molecule has 0 bridgehead atoms. The van der Waals surface area contributed by atoms with Crippen LogP contribution in [0.1, 0.15) is 18.5 Å². The highest BCUT2D eigenvalue weighted by atomic mass is 79.9. The zero-order valence-electron chi connectivity index (χ0n) is 10.6. The van der Waals surface area contributed by atoms with Crippen molar-refractivity contribution >= 4 is 21.6 Å². The molecule has 1 heterocycles. The molecule has 1 aromatic heterocycles. The normalized spacial score (nSPS) is 11.9. The molecule has 0 saturated heterocycles. The van der Waals surface area contributed by atoms with Crippen LogP contribution in [0.25, 0.3) is 0 Å². The quantitative estimate of drug-likeness (QED) is 0.680. The number of nitrogens with two attached hydrogens (primary N) is 1. The number of rotatable bonds is 4. The van der Waals surface area contributed by atoms with E-state index in [0.29, 0.717) is 16.1 Å². The average molecular weight is 338 g/mol. The van der Waals surface area contributed by atoms with Crippen LogP contribution in [0.4, 0.5) is 5.69 Å². The molecule has 0 spiro atoms. The van der Waals surface area contributed by atoms with Crippen molar-refractivity contribution in [2.45, 2.75) is 13.0 Å². The van der Waals surface area contributed by atoms with Crippen molar-refractivity contribution in [3.05, 3.63) is 56.7 Å². The Hall–Kier alpha value is -1.99. The van der Waals surface area contributed by atoms with Crippen molar-refractivity contribution in [1.82, 2.24) is 4.98 Å². The molecule has 0 amide bonds. The van der Waals surface area contributed by atoms with Gasteiger partial charge in [0.2, 0.25) is 5.88 Å². The summed E-state index contributed by atoms with van der Waals surface area (Å²) < 4.78 is 6.14. The minimum atomic E-state index is -0.480. The fourth-order valence-corrected chi connectivity index (χ4v) is 1.85. The van der Waals surface area contributed by atoms with Crippen LogP contribution < -0.4 is 10.5 Å². The predicted octanol–water partition coefficient (Wildman–Crippen LogP) is 3.56. The summed E-state index contributed by atoms with van der Waals surface area (Å²) in [6.07, 6.45) is 1.62. The Labute approximate surface area is 123 Å². The average Bonchev–Trinajstić information content (AvgIpc) is 2.41. The number of aromatic nitrogens is 1. The lowest BCUT2D eigenvalue weighted by Gasteiger charge is -2.08. The number of non-ortho nitro benzene ring substituents is 1. The van der Waals surface area contributed by atoms with Crippen LogP contribution in [0.5, 0.6) is 11.6 Å². The Morgan fingerprint density at radius 1 is 1.40 bits per heavy atom. The fraction of sp³-hybridized carbons (Fsp3) is 0.154. The van der Waals surface area contributed by atoms with Gasteiger partial charge in [-0.2, -0.15) is 0 Å². The summed E-state index contributed by atoms with van der Waals surface area (Å²) in [7, 11) is 0. The first-order valence-corrected chi connectivity index (χ1v) is 6.60. The standard InChI is InChI=1S/C13H12BrN3O3/c1-8(15)9-2-5-13(16-7-9)20-12-6-10(17(18)19)3-4-11(12)14/h2-8H,15H2,1H3. The maximum Gasteiger partial charge on any atom is 0.273 e. The number of halogens is 1. The molecule has 2 rings (SSSR count). The number of ether oxygens (including phenoxy) is 1. The van der Waals surface area contributed by atoms with Gasteiger partial charge in [0, 0.05) is 24.4 Å². The number of hydrogen-bond donors (Lipinski definition) is 1. The molecule has 20 heavy (non-hydrogen) atoms. The Kier molecular flexibility index (Phi) is 4.31. The summed E-state index contributed by atoms with van der Waals surface area (Å²) in [6.45, 7) is 1.86. The van der Waals surface area contributed by atoms with E-state index >= 15 is 0 Å². The summed E-state index contributed by atoms with van der Waals surface area (Å²) in [5.41, 5.74) is 6.57. The third kappa shape index (κ3) is 3.31. The van der Waals surface area contributed by atoms with Gasteiger partial charge in [0.25, 0.3) is 5.69 Å². The molecule has 0 saturated carbocycles. The van der Waals surface area contributed by atoms with Crippen molar-refractivity contribution in [2.75, 3.05) is 0 Å².